The molecule has 0 unspecified atom stereocenters. The number of thioether (sulfide) groups is 1. The number of methoxy groups -OCH3 is 1. The molecule has 1 heterocycles. The molecule has 0 aliphatic rings. The highest BCUT2D eigenvalue weighted by Crippen LogP contribution is 2.27. The van der Waals surface area contributed by atoms with Crippen molar-refractivity contribution in [3.05, 3.63) is 59.4 Å². The molecule has 6 nitrogen and oxygen atoms in total. The number of ether oxygens (including phenoxy) is 1. The lowest BCUT2D eigenvalue weighted by molar-refractivity contribution is -0.137. The maximum Gasteiger partial charge on any atom is 0.337 e. The Morgan fingerprint density at radius 3 is 2.81 bits per heavy atom. The zero-order valence-electron chi connectivity index (χ0n) is 13.8. The van der Waals surface area contributed by atoms with Crippen molar-refractivity contribution in [2.24, 2.45) is 0 Å². The third kappa shape index (κ3) is 3.85. The molecule has 3 aromatic rings. The van der Waals surface area contributed by atoms with Crippen LogP contribution in [-0.2, 0) is 21.8 Å². The van der Waals surface area contributed by atoms with Gasteiger partial charge in [-0.15, -0.1) is 0 Å². The summed E-state index contributed by atoms with van der Waals surface area (Å²) in [5.74, 6) is -1.45. The van der Waals surface area contributed by atoms with Crippen molar-refractivity contribution in [3.8, 4) is 0 Å². The first kappa shape index (κ1) is 17.9. The number of aromatic nitrogens is 2. The third-order valence-electron chi connectivity index (χ3n) is 3.68. The van der Waals surface area contributed by atoms with Gasteiger partial charge in [-0.1, -0.05) is 23.9 Å². The molecule has 8 heteroatoms. The summed E-state index contributed by atoms with van der Waals surface area (Å²) in [7, 11) is 1.32. The summed E-state index contributed by atoms with van der Waals surface area (Å²) < 4.78 is 19.7. The van der Waals surface area contributed by atoms with Crippen LogP contribution in [-0.4, -0.2) is 33.7 Å². The molecular weight excluding hydrogens is 359 g/mol. The Kier molecular flexibility index (Phi) is 5.22. The van der Waals surface area contributed by atoms with E-state index in [-0.39, 0.29) is 6.54 Å². The molecule has 0 aliphatic heterocycles. The van der Waals surface area contributed by atoms with Gasteiger partial charge in [0.15, 0.2) is 5.16 Å². The number of hydrogen-bond donors (Lipinski definition) is 1. The molecule has 0 aliphatic carbocycles. The number of esters is 1. The Morgan fingerprint density at radius 1 is 1.27 bits per heavy atom. The number of nitrogens with zero attached hydrogens (tertiary/aromatic N) is 2. The highest BCUT2D eigenvalue weighted by Gasteiger charge is 2.15. The molecule has 0 bridgehead atoms. The van der Waals surface area contributed by atoms with Crippen LogP contribution in [0.1, 0.15) is 15.9 Å². The number of fused-ring (bicyclic) bond motifs is 1. The van der Waals surface area contributed by atoms with Crippen LogP contribution in [0.5, 0.6) is 0 Å². The van der Waals surface area contributed by atoms with Crippen LogP contribution in [0, 0.1) is 5.82 Å². The maximum atomic E-state index is 13.5. The minimum absolute atomic E-state index is 0.315. The molecule has 1 aromatic heterocycles. The van der Waals surface area contributed by atoms with Gasteiger partial charge in [-0.3, -0.25) is 4.79 Å². The smallest absolute Gasteiger partial charge is 0.337 e. The van der Waals surface area contributed by atoms with E-state index in [1.165, 1.54) is 41.6 Å². The zero-order valence-corrected chi connectivity index (χ0v) is 14.6. The molecule has 0 amide bonds. The molecule has 0 radical (unpaired) electrons. The van der Waals surface area contributed by atoms with Crippen molar-refractivity contribution in [3.63, 3.8) is 0 Å². The molecule has 0 spiro atoms. The van der Waals surface area contributed by atoms with E-state index in [9.17, 15) is 14.0 Å². The molecule has 0 saturated heterocycles. The van der Waals surface area contributed by atoms with Gasteiger partial charge in [0.05, 0.1) is 23.7 Å². The normalized spacial score (nSPS) is 10.8. The van der Waals surface area contributed by atoms with Gasteiger partial charge in [0.1, 0.15) is 12.4 Å². The quantitative estimate of drug-likeness (QED) is 0.526. The van der Waals surface area contributed by atoms with Gasteiger partial charge in [-0.25, -0.2) is 14.2 Å². The number of aliphatic carboxylic acids is 1. The van der Waals surface area contributed by atoms with Crippen molar-refractivity contribution < 1.29 is 23.8 Å². The van der Waals surface area contributed by atoms with Crippen LogP contribution in [0.25, 0.3) is 11.0 Å². The van der Waals surface area contributed by atoms with E-state index in [0.717, 1.165) is 5.56 Å². The van der Waals surface area contributed by atoms with E-state index in [4.69, 9.17) is 9.84 Å². The molecule has 2 aromatic carbocycles. The average Bonchev–Trinajstić information content (AvgIpc) is 2.96. The second-order valence-corrected chi connectivity index (χ2v) is 6.43. The monoisotopic (exact) mass is 374 g/mol. The second kappa shape index (κ2) is 7.57. The first-order valence-electron chi connectivity index (χ1n) is 7.65. The lowest BCUT2D eigenvalue weighted by Crippen LogP contribution is -2.09. The van der Waals surface area contributed by atoms with Gasteiger partial charge in [-0.05, 0) is 35.9 Å². The molecule has 134 valence electrons. The SMILES string of the molecule is COC(=O)c1cccc(CSc2nc3ccc(F)cc3n2CC(=O)O)c1. The number of carboxylic acid groups (broad SMARTS) is 1. The number of carbonyl (C=O) groups excluding carboxylic acids is 1. The number of halogens is 1. The molecule has 0 fully saturated rings. The van der Waals surface area contributed by atoms with Gasteiger partial charge in [0.2, 0.25) is 0 Å². The van der Waals surface area contributed by atoms with E-state index in [1.807, 2.05) is 6.07 Å². The first-order valence-corrected chi connectivity index (χ1v) is 8.64. The molecule has 0 saturated carbocycles. The molecule has 0 atom stereocenters. The highest BCUT2D eigenvalue weighted by molar-refractivity contribution is 7.98. The predicted octanol–water partition coefficient (Wildman–Crippen LogP) is 3.34. The fourth-order valence-electron chi connectivity index (χ4n) is 2.53. The van der Waals surface area contributed by atoms with Crippen LogP contribution < -0.4 is 0 Å². The lowest BCUT2D eigenvalue weighted by atomic mass is 10.1. The van der Waals surface area contributed by atoms with E-state index >= 15 is 0 Å². The Morgan fingerprint density at radius 2 is 2.08 bits per heavy atom. The van der Waals surface area contributed by atoms with Crippen molar-refractivity contribution in [2.75, 3.05) is 7.11 Å². The summed E-state index contributed by atoms with van der Waals surface area (Å²) in [6.07, 6.45) is 0. The topological polar surface area (TPSA) is 81.4 Å². The average molecular weight is 374 g/mol. The van der Waals surface area contributed by atoms with E-state index in [1.54, 1.807) is 18.2 Å². The Bertz CT molecular complexity index is 986. The van der Waals surface area contributed by atoms with E-state index in [2.05, 4.69) is 4.98 Å². The summed E-state index contributed by atoms with van der Waals surface area (Å²) >= 11 is 1.32. The Balaban J connectivity index is 1.89. The number of rotatable bonds is 6. The standard InChI is InChI=1S/C18H15FN2O4S/c1-25-17(24)12-4-2-3-11(7-12)10-26-18-20-14-6-5-13(19)8-15(14)21(18)9-16(22)23/h2-8H,9-10H2,1H3,(H,22,23). The molecular formula is C18H15FN2O4S. The van der Waals surface area contributed by atoms with Crippen molar-refractivity contribution in [1.29, 1.82) is 0 Å². The van der Waals surface area contributed by atoms with Crippen molar-refractivity contribution in [1.82, 2.24) is 9.55 Å². The van der Waals surface area contributed by atoms with Gasteiger partial charge in [0.25, 0.3) is 0 Å². The van der Waals surface area contributed by atoms with Crippen LogP contribution in [0.4, 0.5) is 4.39 Å². The van der Waals surface area contributed by atoms with Gasteiger partial charge in [-0.2, -0.15) is 0 Å². The summed E-state index contributed by atoms with van der Waals surface area (Å²) in [6, 6.07) is 11.0. The Hall–Kier alpha value is -2.87. The summed E-state index contributed by atoms with van der Waals surface area (Å²) in [5, 5.41) is 9.61. The van der Waals surface area contributed by atoms with Gasteiger partial charge >= 0.3 is 11.9 Å². The third-order valence-corrected chi connectivity index (χ3v) is 4.73. The van der Waals surface area contributed by atoms with Crippen LogP contribution in [0.3, 0.4) is 0 Å². The summed E-state index contributed by atoms with van der Waals surface area (Å²) in [4.78, 5) is 27.2. The number of benzene rings is 2. The lowest BCUT2D eigenvalue weighted by Gasteiger charge is -2.07. The van der Waals surface area contributed by atoms with E-state index < -0.39 is 17.8 Å². The Labute approximate surface area is 152 Å². The van der Waals surface area contributed by atoms with Gasteiger partial charge < -0.3 is 14.4 Å². The van der Waals surface area contributed by atoms with Crippen LogP contribution in [0.2, 0.25) is 0 Å². The number of hydrogen-bond acceptors (Lipinski definition) is 5. The molecule has 3 rings (SSSR count). The first-order chi connectivity index (χ1) is 12.5. The minimum Gasteiger partial charge on any atom is -0.480 e. The van der Waals surface area contributed by atoms with Gasteiger partial charge in [0, 0.05) is 5.75 Å². The number of carboxylic acids is 1. The number of imidazole rings is 1. The van der Waals surface area contributed by atoms with E-state index in [0.29, 0.717) is 27.5 Å². The molecule has 1 N–H and O–H groups in total. The molecule has 26 heavy (non-hydrogen) atoms. The summed E-state index contributed by atoms with van der Waals surface area (Å²) in [5.41, 5.74) is 2.25. The predicted molar refractivity (Wildman–Crippen MR) is 94.7 cm³/mol. The second-order valence-electron chi connectivity index (χ2n) is 5.49. The number of carbonyl (C=O) groups is 2. The van der Waals surface area contributed by atoms with Crippen molar-refractivity contribution in [2.45, 2.75) is 17.5 Å². The minimum atomic E-state index is -1.04. The fourth-order valence-corrected chi connectivity index (χ4v) is 3.48. The van der Waals surface area contributed by atoms with Crippen LogP contribution in [0.15, 0.2) is 47.6 Å². The maximum absolute atomic E-state index is 13.5. The highest BCUT2D eigenvalue weighted by atomic mass is 32.2. The largest absolute Gasteiger partial charge is 0.480 e. The van der Waals surface area contributed by atoms with Crippen molar-refractivity contribution >= 4 is 34.7 Å². The fraction of sp³-hybridized carbons (Fsp3) is 0.167. The summed E-state index contributed by atoms with van der Waals surface area (Å²) in [6.45, 7) is -0.315. The van der Waals surface area contributed by atoms with Crippen LogP contribution >= 0.6 is 11.8 Å². The zero-order chi connectivity index (χ0) is 18.7.